The smallest absolute Gasteiger partial charge is 0.255 e. The third-order valence-corrected chi connectivity index (χ3v) is 3.07. The van der Waals surface area contributed by atoms with Crippen LogP contribution < -0.4 is 11.1 Å². The Morgan fingerprint density at radius 1 is 1.61 bits per heavy atom. The largest absolute Gasteiger partial charge is 0.396 e. The highest BCUT2D eigenvalue weighted by Crippen LogP contribution is 2.24. The molecule has 98 valence electrons. The molecule has 2 rings (SSSR count). The first-order valence-corrected chi connectivity index (χ1v) is 5.99. The van der Waals surface area contributed by atoms with E-state index in [1.807, 2.05) is 0 Å². The average Bonchev–Trinajstić information content (AvgIpc) is 2.38. The number of carbonyl (C=O) groups is 1. The van der Waals surface area contributed by atoms with Gasteiger partial charge in [-0.05, 0) is 12.5 Å². The van der Waals surface area contributed by atoms with E-state index >= 15 is 0 Å². The predicted octanol–water partition coefficient (Wildman–Crippen LogP) is 1.06. The number of fused-ring (bicyclic) bond motifs is 1. The molecular weight excluding hydrogens is 235 g/mol. The van der Waals surface area contributed by atoms with Crippen LogP contribution in [0.15, 0.2) is 6.07 Å². The molecular formula is C12H17FN4O. The molecule has 0 saturated carbocycles. The summed E-state index contributed by atoms with van der Waals surface area (Å²) in [6.07, 6.45) is 1.06. The van der Waals surface area contributed by atoms with Gasteiger partial charge in [-0.25, -0.2) is 4.98 Å². The number of nitrogen functional groups attached to an aromatic ring is 1. The molecule has 6 heteroatoms. The number of nitrogens with zero attached hydrogens (tertiary/aromatic N) is 2. The molecule has 0 aliphatic carbocycles. The second-order valence-corrected chi connectivity index (χ2v) is 4.26. The molecule has 0 atom stereocenters. The molecule has 0 spiro atoms. The fourth-order valence-corrected chi connectivity index (χ4v) is 2.12. The molecule has 18 heavy (non-hydrogen) atoms. The van der Waals surface area contributed by atoms with E-state index in [1.165, 1.54) is 0 Å². The van der Waals surface area contributed by atoms with E-state index in [2.05, 4.69) is 10.3 Å². The minimum absolute atomic E-state index is 0.105. The molecule has 5 nitrogen and oxygen atoms in total. The predicted molar refractivity (Wildman–Crippen MR) is 68.4 cm³/mol. The van der Waals surface area contributed by atoms with Crippen LogP contribution in [0.2, 0.25) is 0 Å². The average molecular weight is 252 g/mol. The van der Waals surface area contributed by atoms with Crippen molar-refractivity contribution in [2.24, 2.45) is 0 Å². The van der Waals surface area contributed by atoms with Gasteiger partial charge >= 0.3 is 0 Å². The highest BCUT2D eigenvalue weighted by molar-refractivity contribution is 5.97. The van der Waals surface area contributed by atoms with Gasteiger partial charge < -0.3 is 16.0 Å². The standard InChI is InChI=1S/C12H17FN4O/c1-15-11-9(14)7-8-10(16-11)3-6-17(12(8)18)5-2-4-13/h7H,2-6,14H2,1H3,(H,15,16). The van der Waals surface area contributed by atoms with E-state index in [9.17, 15) is 9.18 Å². The van der Waals surface area contributed by atoms with Gasteiger partial charge in [-0.1, -0.05) is 0 Å². The number of hydrogen-bond acceptors (Lipinski definition) is 4. The number of alkyl halides is 1. The molecule has 1 amide bonds. The number of aromatic nitrogens is 1. The number of nitrogens with one attached hydrogen (secondary N) is 1. The van der Waals surface area contributed by atoms with Crippen LogP contribution in [-0.2, 0) is 6.42 Å². The van der Waals surface area contributed by atoms with Crippen LogP contribution in [0, 0.1) is 0 Å². The highest BCUT2D eigenvalue weighted by Gasteiger charge is 2.26. The second kappa shape index (κ2) is 5.20. The van der Waals surface area contributed by atoms with Crippen molar-refractivity contribution in [1.29, 1.82) is 0 Å². The summed E-state index contributed by atoms with van der Waals surface area (Å²) in [4.78, 5) is 18.2. The first-order valence-electron chi connectivity index (χ1n) is 5.99. The van der Waals surface area contributed by atoms with E-state index in [4.69, 9.17) is 5.73 Å². The van der Waals surface area contributed by atoms with Gasteiger partial charge in [0.15, 0.2) is 0 Å². The lowest BCUT2D eigenvalue weighted by atomic mass is 10.0. The maximum absolute atomic E-state index is 12.2. The molecule has 1 aliphatic rings. The van der Waals surface area contributed by atoms with Gasteiger partial charge in [0.25, 0.3) is 5.91 Å². The van der Waals surface area contributed by atoms with Crippen molar-refractivity contribution in [2.75, 3.05) is 37.9 Å². The van der Waals surface area contributed by atoms with E-state index in [0.717, 1.165) is 5.69 Å². The number of anilines is 2. The van der Waals surface area contributed by atoms with Crippen LogP contribution in [0.5, 0.6) is 0 Å². The summed E-state index contributed by atoms with van der Waals surface area (Å²) in [5, 5.41) is 2.90. The Balaban J connectivity index is 2.26. The van der Waals surface area contributed by atoms with Gasteiger partial charge in [-0.3, -0.25) is 9.18 Å². The molecule has 3 N–H and O–H groups in total. The number of nitrogens with two attached hydrogens (primary N) is 1. The monoisotopic (exact) mass is 252 g/mol. The van der Waals surface area contributed by atoms with Gasteiger partial charge in [0.1, 0.15) is 5.82 Å². The van der Waals surface area contributed by atoms with Crippen molar-refractivity contribution in [2.45, 2.75) is 12.8 Å². The van der Waals surface area contributed by atoms with Crippen molar-refractivity contribution < 1.29 is 9.18 Å². The molecule has 2 heterocycles. The zero-order valence-electron chi connectivity index (χ0n) is 10.4. The van der Waals surface area contributed by atoms with Gasteiger partial charge in [0.2, 0.25) is 0 Å². The number of rotatable bonds is 4. The van der Waals surface area contributed by atoms with E-state index in [-0.39, 0.29) is 5.91 Å². The van der Waals surface area contributed by atoms with Gasteiger partial charge in [-0.2, -0.15) is 0 Å². The van der Waals surface area contributed by atoms with Crippen LogP contribution in [0.1, 0.15) is 22.5 Å². The van der Waals surface area contributed by atoms with E-state index in [0.29, 0.717) is 43.0 Å². The highest BCUT2D eigenvalue weighted by atomic mass is 19.1. The lowest BCUT2D eigenvalue weighted by Crippen LogP contribution is -2.39. The minimum atomic E-state index is -0.407. The SMILES string of the molecule is CNc1nc2c(cc1N)C(=O)N(CCCF)CC2. The van der Waals surface area contributed by atoms with Gasteiger partial charge in [0.05, 0.1) is 23.6 Å². The quantitative estimate of drug-likeness (QED) is 0.840. The van der Waals surface area contributed by atoms with E-state index < -0.39 is 6.67 Å². The second-order valence-electron chi connectivity index (χ2n) is 4.26. The molecule has 0 saturated heterocycles. The topological polar surface area (TPSA) is 71.2 Å². The molecule has 0 unspecified atom stereocenters. The zero-order valence-corrected chi connectivity index (χ0v) is 10.4. The Labute approximate surface area is 105 Å². The fourth-order valence-electron chi connectivity index (χ4n) is 2.12. The lowest BCUT2D eigenvalue weighted by molar-refractivity contribution is 0.0733. The van der Waals surface area contributed by atoms with Crippen molar-refractivity contribution in [1.82, 2.24) is 9.88 Å². The molecule has 1 aromatic heterocycles. The number of halogens is 1. The first kappa shape index (κ1) is 12.6. The van der Waals surface area contributed by atoms with Crippen molar-refractivity contribution in [3.05, 3.63) is 17.3 Å². The Morgan fingerprint density at radius 2 is 2.39 bits per heavy atom. The minimum Gasteiger partial charge on any atom is -0.396 e. The Bertz CT molecular complexity index is 464. The Morgan fingerprint density at radius 3 is 3.06 bits per heavy atom. The molecule has 0 fully saturated rings. The summed E-state index contributed by atoms with van der Waals surface area (Å²) >= 11 is 0. The molecule has 1 aromatic rings. The van der Waals surface area contributed by atoms with Crippen molar-refractivity contribution in [3.63, 3.8) is 0 Å². The van der Waals surface area contributed by atoms with Crippen LogP contribution in [-0.4, -0.2) is 42.6 Å². The summed E-state index contributed by atoms with van der Waals surface area (Å²) in [6.45, 7) is 0.629. The normalized spacial score (nSPS) is 14.6. The summed E-state index contributed by atoms with van der Waals surface area (Å²) in [7, 11) is 1.74. The van der Waals surface area contributed by atoms with Crippen LogP contribution in [0.3, 0.4) is 0 Å². The van der Waals surface area contributed by atoms with Crippen LogP contribution in [0.25, 0.3) is 0 Å². The summed E-state index contributed by atoms with van der Waals surface area (Å²) in [5.41, 5.74) is 7.56. The zero-order chi connectivity index (χ0) is 13.1. The Kier molecular flexibility index (Phi) is 3.64. The third-order valence-electron chi connectivity index (χ3n) is 3.07. The first-order chi connectivity index (χ1) is 8.67. The van der Waals surface area contributed by atoms with Crippen LogP contribution in [0.4, 0.5) is 15.9 Å². The number of amides is 1. The third kappa shape index (κ3) is 2.23. The summed E-state index contributed by atoms with van der Waals surface area (Å²) < 4.78 is 12.2. The number of carbonyl (C=O) groups excluding carboxylic acids is 1. The number of hydrogen-bond donors (Lipinski definition) is 2. The summed E-state index contributed by atoms with van der Waals surface area (Å²) in [6, 6.07) is 1.65. The molecule has 0 aromatic carbocycles. The van der Waals surface area contributed by atoms with Gasteiger partial charge in [-0.15, -0.1) is 0 Å². The van der Waals surface area contributed by atoms with Crippen LogP contribution >= 0.6 is 0 Å². The van der Waals surface area contributed by atoms with Gasteiger partial charge in [0, 0.05) is 26.6 Å². The fraction of sp³-hybridized carbons (Fsp3) is 0.500. The number of pyridine rings is 1. The molecule has 0 bridgehead atoms. The summed E-state index contributed by atoms with van der Waals surface area (Å²) in [5.74, 6) is 0.491. The van der Waals surface area contributed by atoms with E-state index in [1.54, 1.807) is 18.0 Å². The Hall–Kier alpha value is -1.85. The maximum atomic E-state index is 12.2. The molecule has 1 aliphatic heterocycles. The lowest BCUT2D eigenvalue weighted by Gasteiger charge is -2.28. The van der Waals surface area contributed by atoms with Crippen molar-refractivity contribution in [3.8, 4) is 0 Å². The van der Waals surface area contributed by atoms with Crippen molar-refractivity contribution >= 4 is 17.4 Å². The molecule has 0 radical (unpaired) electrons. The maximum Gasteiger partial charge on any atom is 0.255 e.